The third kappa shape index (κ3) is 15.5. The molecule has 1 unspecified atom stereocenters. The average Bonchev–Trinajstić information content (AvgIpc) is 2.40. The van der Waals surface area contributed by atoms with Gasteiger partial charge in [0.05, 0.1) is 6.10 Å². The zero-order chi connectivity index (χ0) is 15.1. The largest absolute Gasteiger partial charge is 0.481 e. The summed E-state index contributed by atoms with van der Waals surface area (Å²) in [6, 6.07) is 0. The van der Waals surface area contributed by atoms with E-state index in [1.165, 1.54) is 57.8 Å². The Morgan fingerprint density at radius 1 is 0.800 bits per heavy atom. The molecule has 0 aliphatic rings. The summed E-state index contributed by atoms with van der Waals surface area (Å²) in [6.45, 7) is 2.25. The zero-order valence-electron chi connectivity index (χ0n) is 13.3. The van der Waals surface area contributed by atoms with Crippen LogP contribution in [-0.2, 0) is 4.79 Å². The van der Waals surface area contributed by atoms with E-state index in [9.17, 15) is 9.90 Å². The highest BCUT2D eigenvalue weighted by Crippen LogP contribution is 2.13. The number of unbranched alkanes of at least 4 members (excludes halogenated alkanes) is 9. The number of carboxylic acid groups (broad SMARTS) is 1. The summed E-state index contributed by atoms with van der Waals surface area (Å²) in [5, 5.41) is 18.2. The topological polar surface area (TPSA) is 57.5 Å². The Hall–Kier alpha value is -0.570. The molecule has 0 rings (SSSR count). The highest BCUT2D eigenvalue weighted by molar-refractivity contribution is 5.66. The first-order valence-electron chi connectivity index (χ1n) is 8.56. The maximum Gasteiger partial charge on any atom is 0.303 e. The number of rotatable bonds is 15. The summed E-state index contributed by atoms with van der Waals surface area (Å²) in [5.41, 5.74) is 0. The smallest absolute Gasteiger partial charge is 0.303 e. The molecule has 2 N–H and O–H groups in total. The molecule has 0 saturated heterocycles. The van der Waals surface area contributed by atoms with Crippen molar-refractivity contribution in [2.75, 3.05) is 0 Å². The zero-order valence-corrected chi connectivity index (χ0v) is 13.3. The second-order valence-corrected chi connectivity index (χ2v) is 5.91. The third-order valence-electron chi connectivity index (χ3n) is 3.82. The van der Waals surface area contributed by atoms with E-state index < -0.39 is 5.97 Å². The van der Waals surface area contributed by atoms with Gasteiger partial charge in [0.2, 0.25) is 0 Å². The summed E-state index contributed by atoms with van der Waals surface area (Å²) >= 11 is 0. The Kier molecular flexibility index (Phi) is 14.4. The molecule has 1 atom stereocenters. The summed E-state index contributed by atoms with van der Waals surface area (Å²) in [7, 11) is 0. The van der Waals surface area contributed by atoms with Crippen molar-refractivity contribution < 1.29 is 15.0 Å². The molecule has 0 fully saturated rings. The van der Waals surface area contributed by atoms with Gasteiger partial charge in [0.15, 0.2) is 0 Å². The minimum atomic E-state index is -0.767. The SMILES string of the molecule is CCCCCCCCCCCCC(O)CCCC(=O)O. The third-order valence-corrected chi connectivity index (χ3v) is 3.82. The lowest BCUT2D eigenvalue weighted by Gasteiger charge is -2.09. The molecule has 0 aromatic rings. The van der Waals surface area contributed by atoms with Crippen LogP contribution in [-0.4, -0.2) is 22.3 Å². The molecule has 0 saturated carbocycles. The monoisotopic (exact) mass is 286 g/mol. The predicted octanol–water partition coefficient (Wildman–Crippen LogP) is 4.91. The van der Waals surface area contributed by atoms with E-state index in [0.717, 1.165) is 12.8 Å². The molecule has 0 aliphatic heterocycles. The quantitative estimate of drug-likeness (QED) is 0.420. The predicted molar refractivity (Wildman–Crippen MR) is 84.0 cm³/mol. The van der Waals surface area contributed by atoms with Crippen LogP contribution in [0.15, 0.2) is 0 Å². The maximum atomic E-state index is 10.3. The number of carbonyl (C=O) groups is 1. The molecule has 0 spiro atoms. The van der Waals surface area contributed by atoms with Crippen molar-refractivity contribution in [1.29, 1.82) is 0 Å². The van der Waals surface area contributed by atoms with Gasteiger partial charge in [-0.05, 0) is 19.3 Å². The van der Waals surface area contributed by atoms with Gasteiger partial charge in [-0.15, -0.1) is 0 Å². The Morgan fingerprint density at radius 2 is 1.25 bits per heavy atom. The van der Waals surface area contributed by atoms with Crippen LogP contribution < -0.4 is 0 Å². The van der Waals surface area contributed by atoms with Gasteiger partial charge in [0, 0.05) is 6.42 Å². The summed E-state index contributed by atoms with van der Waals surface area (Å²) < 4.78 is 0. The van der Waals surface area contributed by atoms with Crippen molar-refractivity contribution >= 4 is 5.97 Å². The van der Waals surface area contributed by atoms with E-state index in [1.54, 1.807) is 0 Å². The molecule has 0 heterocycles. The lowest BCUT2D eigenvalue weighted by Crippen LogP contribution is -2.07. The lowest BCUT2D eigenvalue weighted by atomic mass is 10.0. The maximum absolute atomic E-state index is 10.3. The van der Waals surface area contributed by atoms with Gasteiger partial charge >= 0.3 is 5.97 Å². The van der Waals surface area contributed by atoms with E-state index in [-0.39, 0.29) is 12.5 Å². The molecule has 0 amide bonds. The summed E-state index contributed by atoms with van der Waals surface area (Å²) in [4.78, 5) is 10.3. The molecule has 120 valence electrons. The molecule has 0 radical (unpaired) electrons. The van der Waals surface area contributed by atoms with Crippen LogP contribution in [0.3, 0.4) is 0 Å². The number of aliphatic carboxylic acids is 1. The van der Waals surface area contributed by atoms with Gasteiger partial charge in [-0.3, -0.25) is 4.79 Å². The van der Waals surface area contributed by atoms with Crippen LogP contribution in [0.4, 0.5) is 0 Å². The number of hydrogen-bond donors (Lipinski definition) is 2. The van der Waals surface area contributed by atoms with E-state index in [2.05, 4.69) is 6.92 Å². The van der Waals surface area contributed by atoms with Crippen LogP contribution in [0, 0.1) is 0 Å². The number of aliphatic hydroxyl groups is 1. The van der Waals surface area contributed by atoms with Crippen molar-refractivity contribution in [3.63, 3.8) is 0 Å². The summed E-state index contributed by atoms with van der Waals surface area (Å²) in [6.07, 6.45) is 15.0. The number of aliphatic hydroxyl groups excluding tert-OH is 1. The second-order valence-electron chi connectivity index (χ2n) is 5.91. The van der Waals surface area contributed by atoms with Crippen LogP contribution in [0.1, 0.15) is 96.8 Å². The van der Waals surface area contributed by atoms with E-state index in [1.807, 2.05) is 0 Å². The second kappa shape index (κ2) is 14.8. The average molecular weight is 286 g/mol. The lowest BCUT2D eigenvalue weighted by molar-refractivity contribution is -0.137. The van der Waals surface area contributed by atoms with Crippen molar-refractivity contribution in [3.05, 3.63) is 0 Å². The molecule has 3 nitrogen and oxygen atoms in total. The van der Waals surface area contributed by atoms with Gasteiger partial charge in [-0.2, -0.15) is 0 Å². The van der Waals surface area contributed by atoms with Gasteiger partial charge in [0.25, 0.3) is 0 Å². The highest BCUT2D eigenvalue weighted by Gasteiger charge is 2.05. The first-order chi connectivity index (χ1) is 9.66. The highest BCUT2D eigenvalue weighted by atomic mass is 16.4. The van der Waals surface area contributed by atoms with E-state index in [0.29, 0.717) is 12.8 Å². The number of hydrogen-bond acceptors (Lipinski definition) is 2. The molecule has 0 bridgehead atoms. The normalized spacial score (nSPS) is 12.5. The van der Waals surface area contributed by atoms with Crippen LogP contribution in [0.25, 0.3) is 0 Å². The fourth-order valence-electron chi connectivity index (χ4n) is 2.50. The van der Waals surface area contributed by atoms with Crippen molar-refractivity contribution in [2.45, 2.75) is 103 Å². The number of carboxylic acids is 1. The van der Waals surface area contributed by atoms with Crippen molar-refractivity contribution in [3.8, 4) is 0 Å². The fourth-order valence-corrected chi connectivity index (χ4v) is 2.50. The van der Waals surface area contributed by atoms with E-state index >= 15 is 0 Å². The standard InChI is InChI=1S/C17H34O3/c1-2-3-4-5-6-7-8-9-10-11-13-16(18)14-12-15-17(19)20/h16,18H,2-15H2,1H3,(H,19,20). The Morgan fingerprint density at radius 3 is 1.75 bits per heavy atom. The first-order valence-corrected chi connectivity index (χ1v) is 8.56. The molecule has 0 aromatic heterocycles. The first kappa shape index (κ1) is 19.4. The van der Waals surface area contributed by atoms with Gasteiger partial charge in [-0.25, -0.2) is 0 Å². The van der Waals surface area contributed by atoms with Crippen molar-refractivity contribution in [1.82, 2.24) is 0 Å². The van der Waals surface area contributed by atoms with Gasteiger partial charge in [-0.1, -0.05) is 71.1 Å². The Labute approximate surface area is 124 Å². The van der Waals surface area contributed by atoms with Crippen molar-refractivity contribution in [2.24, 2.45) is 0 Å². The van der Waals surface area contributed by atoms with Crippen LogP contribution in [0.2, 0.25) is 0 Å². The van der Waals surface area contributed by atoms with Gasteiger partial charge in [0.1, 0.15) is 0 Å². The molecule has 20 heavy (non-hydrogen) atoms. The fraction of sp³-hybridized carbons (Fsp3) is 0.941. The van der Waals surface area contributed by atoms with Gasteiger partial charge < -0.3 is 10.2 Å². The molecular weight excluding hydrogens is 252 g/mol. The minimum Gasteiger partial charge on any atom is -0.481 e. The van der Waals surface area contributed by atoms with Crippen LogP contribution >= 0.6 is 0 Å². The Bertz CT molecular complexity index is 216. The molecule has 0 aromatic carbocycles. The molecule has 3 heteroatoms. The summed E-state index contributed by atoms with van der Waals surface area (Å²) in [5.74, 6) is -0.767. The van der Waals surface area contributed by atoms with E-state index in [4.69, 9.17) is 5.11 Å². The van der Waals surface area contributed by atoms with Crippen LogP contribution in [0.5, 0.6) is 0 Å². The Balaban J connectivity index is 3.13. The molecular formula is C17H34O3. The minimum absolute atomic E-state index is 0.176. The molecule has 0 aliphatic carbocycles.